The number of anilines is 1. The third-order valence-electron chi connectivity index (χ3n) is 3.51. The van der Waals surface area contributed by atoms with Crippen LogP contribution < -0.4 is 5.32 Å². The largest absolute Gasteiger partial charge is 0.321 e. The van der Waals surface area contributed by atoms with Crippen LogP contribution in [0.4, 0.5) is 5.69 Å². The van der Waals surface area contributed by atoms with Crippen LogP contribution in [-0.2, 0) is 0 Å². The second kappa shape index (κ2) is 5.37. The molecule has 1 amide bonds. The Labute approximate surface area is 123 Å². The Hall–Kier alpha value is -1.68. The van der Waals surface area contributed by atoms with Gasteiger partial charge in [0.15, 0.2) is 0 Å². The van der Waals surface area contributed by atoms with Crippen molar-refractivity contribution in [3.63, 3.8) is 0 Å². The van der Waals surface area contributed by atoms with Crippen LogP contribution >= 0.6 is 11.3 Å². The molecule has 1 aliphatic rings. The number of aromatic nitrogens is 1. The number of nitrogens with zero attached hydrogens (tertiary/aromatic N) is 1. The maximum absolute atomic E-state index is 12.1. The van der Waals surface area contributed by atoms with Crippen LogP contribution in [0.3, 0.4) is 0 Å². The Morgan fingerprint density at radius 3 is 2.60 bits per heavy atom. The summed E-state index contributed by atoms with van der Waals surface area (Å²) in [6, 6.07) is 8.03. The molecule has 3 nitrogen and oxygen atoms in total. The van der Waals surface area contributed by atoms with E-state index < -0.39 is 0 Å². The average molecular weight is 286 g/mol. The second-order valence-corrected chi connectivity index (χ2v) is 6.63. The molecule has 1 N–H and O–H groups in total. The highest BCUT2D eigenvalue weighted by atomic mass is 32.1. The lowest BCUT2D eigenvalue weighted by atomic mass is 10.0. The molecule has 0 aliphatic heterocycles. The fraction of sp³-hybridized carbons (Fsp3) is 0.375. The Balaban J connectivity index is 1.68. The molecule has 0 saturated heterocycles. The Bertz CT molecular complexity index is 612. The Morgan fingerprint density at radius 1 is 1.30 bits per heavy atom. The average Bonchev–Trinajstić information content (AvgIpc) is 3.17. The van der Waals surface area contributed by atoms with Gasteiger partial charge in [-0.15, -0.1) is 11.3 Å². The molecule has 0 bridgehead atoms. The summed E-state index contributed by atoms with van der Waals surface area (Å²) >= 11 is 1.52. The first-order chi connectivity index (χ1) is 9.63. The van der Waals surface area contributed by atoms with E-state index in [1.807, 2.05) is 12.1 Å². The number of benzene rings is 1. The number of carbonyl (C=O) groups excluding carboxylic acids is 1. The van der Waals surface area contributed by atoms with Crippen molar-refractivity contribution in [1.29, 1.82) is 0 Å². The fourth-order valence-corrected chi connectivity index (χ4v) is 3.04. The topological polar surface area (TPSA) is 42.0 Å². The van der Waals surface area contributed by atoms with E-state index in [2.05, 4.69) is 36.3 Å². The van der Waals surface area contributed by atoms with E-state index in [9.17, 15) is 4.79 Å². The summed E-state index contributed by atoms with van der Waals surface area (Å²) in [5, 5.41) is 4.03. The summed E-state index contributed by atoms with van der Waals surface area (Å²) in [5.74, 6) is 1.04. The molecule has 1 aromatic heterocycles. The summed E-state index contributed by atoms with van der Waals surface area (Å²) in [5.41, 5.74) is 2.11. The summed E-state index contributed by atoms with van der Waals surface area (Å²) in [7, 11) is 0. The van der Waals surface area contributed by atoms with Crippen LogP contribution in [0.5, 0.6) is 0 Å². The third kappa shape index (κ3) is 2.90. The summed E-state index contributed by atoms with van der Waals surface area (Å²) in [6.45, 7) is 4.31. The van der Waals surface area contributed by atoms with E-state index in [4.69, 9.17) is 0 Å². The highest BCUT2D eigenvalue weighted by Crippen LogP contribution is 2.41. The predicted octanol–water partition coefficient (Wildman–Crippen LogP) is 4.40. The van der Waals surface area contributed by atoms with Crippen LogP contribution in [0.2, 0.25) is 0 Å². The van der Waals surface area contributed by atoms with Gasteiger partial charge >= 0.3 is 0 Å². The van der Waals surface area contributed by atoms with E-state index in [1.54, 1.807) is 6.20 Å². The van der Waals surface area contributed by atoms with Gasteiger partial charge in [0.2, 0.25) is 0 Å². The molecule has 20 heavy (non-hydrogen) atoms. The predicted molar refractivity (Wildman–Crippen MR) is 82.6 cm³/mol. The number of rotatable bonds is 4. The van der Waals surface area contributed by atoms with Gasteiger partial charge in [0.1, 0.15) is 4.88 Å². The van der Waals surface area contributed by atoms with Gasteiger partial charge in [-0.25, -0.2) is 4.98 Å². The van der Waals surface area contributed by atoms with Crippen LogP contribution in [0, 0.1) is 0 Å². The molecule has 1 heterocycles. The van der Waals surface area contributed by atoms with Crippen LogP contribution in [0.25, 0.3) is 0 Å². The number of nitrogens with one attached hydrogen (secondary N) is 1. The normalized spacial score (nSPS) is 14.6. The first-order valence-corrected chi connectivity index (χ1v) is 7.82. The smallest absolute Gasteiger partial charge is 0.267 e. The zero-order chi connectivity index (χ0) is 14.1. The Kier molecular flexibility index (Phi) is 3.57. The third-order valence-corrected chi connectivity index (χ3v) is 4.67. The molecule has 1 saturated carbocycles. The molecule has 1 aliphatic carbocycles. The summed E-state index contributed by atoms with van der Waals surface area (Å²) < 4.78 is 0. The molecule has 4 heteroatoms. The van der Waals surface area contributed by atoms with Gasteiger partial charge in [-0.1, -0.05) is 26.0 Å². The van der Waals surface area contributed by atoms with Gasteiger partial charge < -0.3 is 5.32 Å². The van der Waals surface area contributed by atoms with Gasteiger partial charge in [0.05, 0.1) is 11.2 Å². The lowest BCUT2D eigenvalue weighted by Gasteiger charge is -2.07. The van der Waals surface area contributed by atoms with Crippen LogP contribution in [0.15, 0.2) is 30.5 Å². The molecule has 0 radical (unpaired) electrons. The van der Waals surface area contributed by atoms with Crippen molar-refractivity contribution < 1.29 is 4.79 Å². The van der Waals surface area contributed by atoms with Crippen LogP contribution in [-0.4, -0.2) is 10.9 Å². The molecular weight excluding hydrogens is 268 g/mol. The highest BCUT2D eigenvalue weighted by molar-refractivity contribution is 7.13. The van der Waals surface area contributed by atoms with Crippen molar-refractivity contribution in [2.45, 2.75) is 38.5 Å². The van der Waals surface area contributed by atoms with Crippen molar-refractivity contribution in [2.75, 3.05) is 5.32 Å². The Morgan fingerprint density at radius 2 is 2.00 bits per heavy atom. The van der Waals surface area contributed by atoms with Crippen molar-refractivity contribution in [2.24, 2.45) is 0 Å². The molecule has 2 aromatic rings. The zero-order valence-electron chi connectivity index (χ0n) is 11.7. The molecule has 0 spiro atoms. The first-order valence-electron chi connectivity index (χ1n) is 7.00. The molecule has 0 unspecified atom stereocenters. The monoisotopic (exact) mass is 286 g/mol. The van der Waals surface area contributed by atoms with E-state index in [0.717, 1.165) is 10.7 Å². The minimum atomic E-state index is -0.0632. The summed E-state index contributed by atoms with van der Waals surface area (Å²) in [6.07, 6.45) is 4.12. The molecule has 1 fully saturated rings. The van der Waals surface area contributed by atoms with Crippen molar-refractivity contribution in [3.8, 4) is 0 Å². The van der Waals surface area contributed by atoms with Crippen molar-refractivity contribution in [1.82, 2.24) is 4.98 Å². The lowest BCUT2D eigenvalue weighted by Crippen LogP contribution is -2.10. The number of carbonyl (C=O) groups is 1. The van der Waals surface area contributed by atoms with Gasteiger partial charge in [0.25, 0.3) is 5.91 Å². The van der Waals surface area contributed by atoms with Crippen molar-refractivity contribution in [3.05, 3.63) is 45.9 Å². The molecule has 0 atom stereocenters. The van der Waals surface area contributed by atoms with E-state index in [1.165, 1.54) is 29.7 Å². The fourth-order valence-electron chi connectivity index (χ4n) is 2.06. The van der Waals surface area contributed by atoms with E-state index in [0.29, 0.717) is 16.7 Å². The second-order valence-electron chi connectivity index (χ2n) is 5.57. The number of hydrogen-bond donors (Lipinski definition) is 1. The minimum absolute atomic E-state index is 0.0632. The quantitative estimate of drug-likeness (QED) is 0.905. The van der Waals surface area contributed by atoms with E-state index in [-0.39, 0.29) is 5.91 Å². The van der Waals surface area contributed by atoms with Gasteiger partial charge in [-0.05, 0) is 36.5 Å². The maximum atomic E-state index is 12.1. The lowest BCUT2D eigenvalue weighted by molar-refractivity contribution is 0.103. The first kappa shape index (κ1) is 13.3. The SMILES string of the molecule is CC(C)c1ccc(NC(=O)c2cnc(C3CC3)s2)cc1. The highest BCUT2D eigenvalue weighted by Gasteiger charge is 2.27. The minimum Gasteiger partial charge on any atom is -0.321 e. The van der Waals surface area contributed by atoms with E-state index >= 15 is 0 Å². The number of hydrogen-bond acceptors (Lipinski definition) is 3. The van der Waals surface area contributed by atoms with Gasteiger partial charge in [-0.3, -0.25) is 4.79 Å². The molecular formula is C16H18N2OS. The molecule has 3 rings (SSSR count). The van der Waals surface area contributed by atoms with Gasteiger partial charge in [0, 0.05) is 11.6 Å². The van der Waals surface area contributed by atoms with Crippen LogP contribution in [0.1, 0.15) is 58.8 Å². The summed E-state index contributed by atoms with van der Waals surface area (Å²) in [4.78, 5) is 17.2. The standard InChI is InChI=1S/C16H18N2OS/c1-10(2)11-5-7-13(8-6-11)18-15(19)14-9-17-16(20-14)12-3-4-12/h5-10,12H,3-4H2,1-2H3,(H,18,19). The number of thiazole rings is 1. The number of amides is 1. The van der Waals surface area contributed by atoms with Gasteiger partial charge in [-0.2, -0.15) is 0 Å². The molecule has 104 valence electrons. The maximum Gasteiger partial charge on any atom is 0.267 e. The molecule has 1 aromatic carbocycles. The zero-order valence-corrected chi connectivity index (χ0v) is 12.5. The van der Waals surface area contributed by atoms with Crippen molar-refractivity contribution >= 4 is 22.9 Å².